The molecule has 0 fully saturated rings. The van der Waals surface area contributed by atoms with E-state index in [1.807, 2.05) is 20.8 Å². The zero-order chi connectivity index (χ0) is 18.1. The van der Waals surface area contributed by atoms with Crippen LogP contribution in [0.5, 0.6) is 0 Å². The number of rotatable bonds is 16. The number of amides is 2. The Balaban J connectivity index is 3.79. The lowest BCUT2D eigenvalue weighted by atomic mass is 10.3. The molecule has 0 radical (unpaired) electrons. The average Bonchev–Trinajstić information content (AvgIpc) is 2.55. The molecule has 0 aromatic heterocycles. The van der Waals surface area contributed by atoms with Crippen LogP contribution >= 0.6 is 0 Å². The van der Waals surface area contributed by atoms with E-state index in [4.69, 9.17) is 13.3 Å². The van der Waals surface area contributed by atoms with E-state index in [1.54, 1.807) is 0 Å². The number of urea groups is 1. The maximum absolute atomic E-state index is 11.5. The minimum atomic E-state index is -2.52. The zero-order valence-electron chi connectivity index (χ0n) is 15.9. The summed E-state index contributed by atoms with van der Waals surface area (Å²) in [6, 6.07) is 0.709. The van der Waals surface area contributed by atoms with E-state index in [1.165, 1.54) is 0 Å². The molecule has 0 bridgehead atoms. The molecule has 24 heavy (non-hydrogen) atoms. The van der Waals surface area contributed by atoms with Gasteiger partial charge >= 0.3 is 14.8 Å². The Bertz CT molecular complexity index is 292. The van der Waals surface area contributed by atoms with Crippen molar-refractivity contribution < 1.29 is 18.1 Å². The van der Waals surface area contributed by atoms with Gasteiger partial charge in [0.05, 0.1) is 0 Å². The predicted octanol–water partition coefficient (Wildman–Crippen LogP) is 2.11. The Labute approximate surface area is 148 Å². The van der Waals surface area contributed by atoms with Crippen molar-refractivity contribution in [1.82, 2.24) is 16.0 Å². The van der Waals surface area contributed by atoms with Crippen LogP contribution in [-0.4, -0.2) is 60.8 Å². The van der Waals surface area contributed by atoms with Crippen LogP contribution in [0, 0.1) is 0 Å². The Morgan fingerprint density at radius 2 is 1.38 bits per heavy atom. The summed E-state index contributed by atoms with van der Waals surface area (Å²) in [7, 11) is -2.52. The summed E-state index contributed by atoms with van der Waals surface area (Å²) in [6.45, 7) is 12.8. The summed E-state index contributed by atoms with van der Waals surface area (Å²) < 4.78 is 17.5. The Hall–Kier alpha value is -0.673. The standard InChI is InChI=1S/C16H37N3O4Si/c1-5-9-12-18-16(20)19-14-13-17-11-10-15-24(21-6-2,22-7-3)23-8-4/h17H,5-15H2,1-4H3,(H2,18,19,20). The maximum atomic E-state index is 11.5. The van der Waals surface area contributed by atoms with Crippen LogP contribution in [0.3, 0.4) is 0 Å². The topological polar surface area (TPSA) is 80.9 Å². The average molecular weight is 364 g/mol. The van der Waals surface area contributed by atoms with Gasteiger partial charge in [0.25, 0.3) is 0 Å². The highest BCUT2D eigenvalue weighted by molar-refractivity contribution is 6.60. The molecule has 0 spiro atoms. The first-order valence-electron chi connectivity index (χ1n) is 9.28. The van der Waals surface area contributed by atoms with Crippen LogP contribution in [0.4, 0.5) is 4.79 Å². The monoisotopic (exact) mass is 363 g/mol. The molecule has 144 valence electrons. The van der Waals surface area contributed by atoms with Gasteiger partial charge in [0, 0.05) is 45.5 Å². The quantitative estimate of drug-likeness (QED) is 0.289. The minimum absolute atomic E-state index is 0.0966. The number of carbonyl (C=O) groups is 1. The van der Waals surface area contributed by atoms with Crippen LogP contribution in [0.25, 0.3) is 0 Å². The van der Waals surface area contributed by atoms with E-state index in [9.17, 15) is 4.79 Å². The molecule has 0 saturated carbocycles. The summed E-state index contributed by atoms with van der Waals surface area (Å²) in [5.41, 5.74) is 0. The number of nitrogens with one attached hydrogen (secondary N) is 3. The molecular formula is C16H37N3O4Si. The molecule has 0 aliphatic heterocycles. The molecule has 0 aromatic carbocycles. The second-order valence-electron chi connectivity index (χ2n) is 5.37. The van der Waals surface area contributed by atoms with Crippen molar-refractivity contribution in [3.63, 3.8) is 0 Å². The normalized spacial score (nSPS) is 11.5. The molecule has 0 saturated heterocycles. The lowest BCUT2D eigenvalue weighted by Crippen LogP contribution is -2.46. The molecule has 3 N–H and O–H groups in total. The Kier molecular flexibility index (Phi) is 15.4. The lowest BCUT2D eigenvalue weighted by Gasteiger charge is -2.28. The first-order valence-corrected chi connectivity index (χ1v) is 11.2. The van der Waals surface area contributed by atoms with Crippen LogP contribution in [0.1, 0.15) is 47.0 Å². The number of hydrogen-bond acceptors (Lipinski definition) is 5. The van der Waals surface area contributed by atoms with Gasteiger partial charge in [-0.3, -0.25) is 0 Å². The predicted molar refractivity (Wildman–Crippen MR) is 99.2 cm³/mol. The molecule has 2 amide bonds. The van der Waals surface area contributed by atoms with Crippen LogP contribution in [-0.2, 0) is 13.3 Å². The largest absolute Gasteiger partial charge is 0.500 e. The van der Waals surface area contributed by atoms with Gasteiger partial charge in [0.2, 0.25) is 0 Å². The smallest absolute Gasteiger partial charge is 0.374 e. The van der Waals surface area contributed by atoms with E-state index in [-0.39, 0.29) is 6.03 Å². The molecule has 0 aliphatic carbocycles. The van der Waals surface area contributed by atoms with Crippen molar-refractivity contribution in [2.24, 2.45) is 0 Å². The molecule has 0 aromatic rings. The number of hydrogen-bond donors (Lipinski definition) is 3. The number of unbranched alkanes of at least 4 members (excludes halogenated alkanes) is 1. The van der Waals surface area contributed by atoms with E-state index >= 15 is 0 Å². The molecule has 0 unspecified atom stereocenters. The zero-order valence-corrected chi connectivity index (χ0v) is 16.9. The van der Waals surface area contributed by atoms with Crippen LogP contribution in [0.2, 0.25) is 6.04 Å². The van der Waals surface area contributed by atoms with Gasteiger partial charge in [-0.05, 0) is 40.2 Å². The van der Waals surface area contributed by atoms with Crippen LogP contribution in [0.15, 0.2) is 0 Å². The second kappa shape index (κ2) is 15.8. The summed E-state index contributed by atoms with van der Waals surface area (Å²) in [4.78, 5) is 11.5. The van der Waals surface area contributed by atoms with E-state index in [2.05, 4.69) is 22.9 Å². The molecule has 8 heteroatoms. The molecule has 0 atom stereocenters. The highest BCUT2D eigenvalue weighted by Crippen LogP contribution is 2.17. The highest BCUT2D eigenvalue weighted by Gasteiger charge is 2.39. The van der Waals surface area contributed by atoms with Crippen molar-refractivity contribution >= 4 is 14.8 Å². The molecule has 0 heterocycles. The van der Waals surface area contributed by atoms with E-state index < -0.39 is 8.80 Å². The van der Waals surface area contributed by atoms with Crippen molar-refractivity contribution in [1.29, 1.82) is 0 Å². The van der Waals surface area contributed by atoms with Crippen molar-refractivity contribution in [3.8, 4) is 0 Å². The van der Waals surface area contributed by atoms with E-state index in [0.717, 1.165) is 44.9 Å². The fourth-order valence-corrected chi connectivity index (χ4v) is 4.87. The first-order chi connectivity index (χ1) is 11.6. The van der Waals surface area contributed by atoms with Gasteiger partial charge in [-0.15, -0.1) is 0 Å². The van der Waals surface area contributed by atoms with Gasteiger partial charge in [0.1, 0.15) is 0 Å². The number of carbonyl (C=O) groups excluding carboxylic acids is 1. The fourth-order valence-electron chi connectivity index (χ4n) is 2.26. The van der Waals surface area contributed by atoms with Gasteiger partial charge in [-0.1, -0.05) is 13.3 Å². The third-order valence-corrected chi connectivity index (χ3v) is 6.48. The van der Waals surface area contributed by atoms with Gasteiger partial charge in [-0.2, -0.15) is 0 Å². The molecular weight excluding hydrogens is 326 g/mol. The Morgan fingerprint density at radius 1 is 0.792 bits per heavy atom. The fraction of sp³-hybridized carbons (Fsp3) is 0.938. The minimum Gasteiger partial charge on any atom is -0.374 e. The highest BCUT2D eigenvalue weighted by atomic mass is 28.4. The molecule has 0 aliphatic rings. The second-order valence-corrected chi connectivity index (χ2v) is 8.10. The Morgan fingerprint density at radius 3 is 1.92 bits per heavy atom. The molecule has 7 nitrogen and oxygen atoms in total. The summed E-state index contributed by atoms with van der Waals surface area (Å²) >= 11 is 0. The van der Waals surface area contributed by atoms with Gasteiger partial charge < -0.3 is 29.2 Å². The van der Waals surface area contributed by atoms with Crippen molar-refractivity contribution in [2.75, 3.05) is 46.0 Å². The third-order valence-electron chi connectivity index (χ3n) is 3.33. The molecule has 0 rings (SSSR count). The summed E-state index contributed by atoms with van der Waals surface area (Å²) in [5.74, 6) is 0. The summed E-state index contributed by atoms with van der Waals surface area (Å²) in [6.07, 6.45) is 3.02. The lowest BCUT2D eigenvalue weighted by molar-refractivity contribution is 0.0708. The van der Waals surface area contributed by atoms with Gasteiger partial charge in [-0.25, -0.2) is 4.79 Å². The van der Waals surface area contributed by atoms with Crippen molar-refractivity contribution in [2.45, 2.75) is 53.0 Å². The van der Waals surface area contributed by atoms with Gasteiger partial charge in [0.15, 0.2) is 0 Å². The van der Waals surface area contributed by atoms with E-state index in [0.29, 0.717) is 26.4 Å². The maximum Gasteiger partial charge on any atom is 0.500 e. The van der Waals surface area contributed by atoms with Crippen molar-refractivity contribution in [3.05, 3.63) is 0 Å². The first kappa shape index (κ1) is 23.3. The van der Waals surface area contributed by atoms with Crippen LogP contribution < -0.4 is 16.0 Å². The SMILES string of the molecule is CCCCNC(=O)NCCNCCC[Si](OCC)(OCC)OCC. The third kappa shape index (κ3) is 11.8. The summed E-state index contributed by atoms with van der Waals surface area (Å²) in [5, 5.41) is 8.98.